The molecule has 0 heterocycles. The van der Waals surface area contributed by atoms with Crippen LogP contribution >= 0.6 is 0 Å². The second kappa shape index (κ2) is 5.59. The van der Waals surface area contributed by atoms with Crippen molar-refractivity contribution < 1.29 is 4.74 Å². The highest BCUT2D eigenvalue weighted by Crippen LogP contribution is 2.25. The number of rotatable bonds is 5. The third kappa shape index (κ3) is 2.85. The summed E-state index contributed by atoms with van der Waals surface area (Å²) < 4.78 is 5.39. The Kier molecular flexibility index (Phi) is 4.41. The van der Waals surface area contributed by atoms with Crippen LogP contribution in [0.1, 0.15) is 31.4 Å². The Morgan fingerprint density at radius 3 is 2.73 bits per heavy atom. The summed E-state index contributed by atoms with van der Waals surface area (Å²) in [6.45, 7) is 8.01. The number of ether oxygens (including phenoxy) is 1. The maximum absolute atomic E-state index is 5.39. The van der Waals surface area contributed by atoms with Crippen molar-refractivity contribution in [1.82, 2.24) is 0 Å². The SMILES string of the molecule is C=C[C](C)c1ccc(CCC)c(OC)c1. The minimum absolute atomic E-state index is 0.982. The van der Waals surface area contributed by atoms with Gasteiger partial charge in [0.05, 0.1) is 7.11 Å². The topological polar surface area (TPSA) is 9.23 Å². The molecule has 15 heavy (non-hydrogen) atoms. The lowest BCUT2D eigenvalue weighted by Gasteiger charge is -2.12. The van der Waals surface area contributed by atoms with Crippen LogP contribution in [0.2, 0.25) is 0 Å². The smallest absolute Gasteiger partial charge is 0.122 e. The Balaban J connectivity index is 3.01. The fourth-order valence-electron chi connectivity index (χ4n) is 1.58. The van der Waals surface area contributed by atoms with E-state index in [0.717, 1.165) is 18.6 Å². The molecule has 0 aliphatic rings. The molecule has 0 saturated heterocycles. The van der Waals surface area contributed by atoms with Crippen molar-refractivity contribution in [2.45, 2.75) is 26.7 Å². The van der Waals surface area contributed by atoms with Gasteiger partial charge in [-0.2, -0.15) is 0 Å². The van der Waals surface area contributed by atoms with Crippen LogP contribution in [0.4, 0.5) is 0 Å². The van der Waals surface area contributed by atoms with Crippen LogP contribution in [-0.2, 0) is 6.42 Å². The molecule has 81 valence electrons. The van der Waals surface area contributed by atoms with E-state index in [1.807, 2.05) is 6.08 Å². The van der Waals surface area contributed by atoms with Crippen molar-refractivity contribution in [3.8, 4) is 5.75 Å². The molecule has 0 atom stereocenters. The van der Waals surface area contributed by atoms with Gasteiger partial charge in [-0.15, -0.1) is 6.58 Å². The minimum Gasteiger partial charge on any atom is -0.496 e. The van der Waals surface area contributed by atoms with Crippen molar-refractivity contribution in [3.05, 3.63) is 47.9 Å². The van der Waals surface area contributed by atoms with E-state index in [-0.39, 0.29) is 0 Å². The van der Waals surface area contributed by atoms with Crippen LogP contribution in [0.25, 0.3) is 0 Å². The largest absolute Gasteiger partial charge is 0.496 e. The maximum Gasteiger partial charge on any atom is 0.122 e. The van der Waals surface area contributed by atoms with Gasteiger partial charge in [-0.3, -0.25) is 0 Å². The molecule has 0 saturated carbocycles. The van der Waals surface area contributed by atoms with Crippen LogP contribution < -0.4 is 4.74 Å². The molecule has 0 amide bonds. The van der Waals surface area contributed by atoms with E-state index in [1.165, 1.54) is 17.0 Å². The van der Waals surface area contributed by atoms with Crippen molar-refractivity contribution in [2.75, 3.05) is 7.11 Å². The Hall–Kier alpha value is -1.24. The molecule has 1 nitrogen and oxygen atoms in total. The van der Waals surface area contributed by atoms with Crippen molar-refractivity contribution in [3.63, 3.8) is 0 Å². The number of methoxy groups -OCH3 is 1. The Morgan fingerprint density at radius 2 is 2.20 bits per heavy atom. The molecule has 1 aromatic carbocycles. The van der Waals surface area contributed by atoms with E-state index in [9.17, 15) is 0 Å². The van der Waals surface area contributed by atoms with Crippen LogP contribution in [0.3, 0.4) is 0 Å². The van der Waals surface area contributed by atoms with Crippen molar-refractivity contribution in [1.29, 1.82) is 0 Å². The number of benzene rings is 1. The molecule has 1 heteroatoms. The maximum atomic E-state index is 5.39. The second-order valence-corrected chi connectivity index (χ2v) is 3.66. The van der Waals surface area contributed by atoms with Gasteiger partial charge in [0.25, 0.3) is 0 Å². The average Bonchev–Trinajstić information content (AvgIpc) is 2.29. The van der Waals surface area contributed by atoms with Gasteiger partial charge in [0, 0.05) is 5.92 Å². The zero-order valence-electron chi connectivity index (χ0n) is 9.84. The van der Waals surface area contributed by atoms with Gasteiger partial charge >= 0.3 is 0 Å². The van der Waals surface area contributed by atoms with Crippen LogP contribution in [0.15, 0.2) is 30.9 Å². The molecular formula is C14H19O. The molecule has 0 aliphatic heterocycles. The lowest BCUT2D eigenvalue weighted by atomic mass is 9.98. The van der Waals surface area contributed by atoms with E-state index in [0.29, 0.717) is 0 Å². The third-order valence-electron chi connectivity index (χ3n) is 2.57. The highest BCUT2D eigenvalue weighted by molar-refractivity contribution is 5.44. The summed E-state index contributed by atoms with van der Waals surface area (Å²) in [4.78, 5) is 0. The summed E-state index contributed by atoms with van der Waals surface area (Å²) in [6.07, 6.45) is 4.07. The van der Waals surface area contributed by atoms with E-state index in [2.05, 4.69) is 38.6 Å². The van der Waals surface area contributed by atoms with E-state index < -0.39 is 0 Å². The third-order valence-corrected chi connectivity index (χ3v) is 2.57. The molecule has 1 radical (unpaired) electrons. The molecule has 0 spiro atoms. The lowest BCUT2D eigenvalue weighted by molar-refractivity contribution is 0.409. The second-order valence-electron chi connectivity index (χ2n) is 3.66. The summed E-state index contributed by atoms with van der Waals surface area (Å²) in [7, 11) is 1.72. The zero-order chi connectivity index (χ0) is 11.3. The molecule has 0 fully saturated rings. The normalized spacial score (nSPS) is 10.4. The van der Waals surface area contributed by atoms with Gasteiger partial charge in [-0.25, -0.2) is 0 Å². The average molecular weight is 203 g/mol. The first-order valence-corrected chi connectivity index (χ1v) is 5.36. The summed E-state index contributed by atoms with van der Waals surface area (Å²) in [5.74, 6) is 2.16. The first kappa shape index (κ1) is 11.8. The van der Waals surface area contributed by atoms with Gasteiger partial charge in [0.2, 0.25) is 0 Å². The van der Waals surface area contributed by atoms with Crippen molar-refractivity contribution in [2.24, 2.45) is 0 Å². The lowest BCUT2D eigenvalue weighted by Crippen LogP contribution is -1.96. The van der Waals surface area contributed by atoms with E-state index >= 15 is 0 Å². The zero-order valence-corrected chi connectivity index (χ0v) is 9.84. The predicted octanol–water partition coefficient (Wildman–Crippen LogP) is 3.78. The van der Waals surface area contributed by atoms with Gasteiger partial charge in [-0.05, 0) is 23.6 Å². The first-order chi connectivity index (χ1) is 7.22. The Bertz CT molecular complexity index is 328. The first-order valence-electron chi connectivity index (χ1n) is 5.36. The Morgan fingerprint density at radius 1 is 1.47 bits per heavy atom. The highest BCUT2D eigenvalue weighted by Gasteiger charge is 2.07. The molecular weight excluding hydrogens is 184 g/mol. The molecule has 0 bridgehead atoms. The Labute approximate surface area is 92.8 Å². The monoisotopic (exact) mass is 203 g/mol. The van der Waals surface area contributed by atoms with Gasteiger partial charge in [0.1, 0.15) is 5.75 Å². The molecule has 0 aromatic heterocycles. The van der Waals surface area contributed by atoms with Crippen LogP contribution in [0.5, 0.6) is 5.75 Å². The number of allylic oxidation sites excluding steroid dienone is 1. The van der Waals surface area contributed by atoms with E-state index in [1.54, 1.807) is 7.11 Å². The fourth-order valence-corrected chi connectivity index (χ4v) is 1.58. The number of aryl methyl sites for hydroxylation is 1. The standard InChI is InChI=1S/C14H19O/c1-5-7-12-8-9-13(11(3)6-2)10-14(12)15-4/h6,8-10H,2,5,7H2,1,3-4H3. The molecule has 0 unspecified atom stereocenters. The molecule has 0 N–H and O–H groups in total. The van der Waals surface area contributed by atoms with Crippen LogP contribution in [-0.4, -0.2) is 7.11 Å². The van der Waals surface area contributed by atoms with Crippen LogP contribution in [0, 0.1) is 5.92 Å². The molecule has 1 aromatic rings. The van der Waals surface area contributed by atoms with Crippen molar-refractivity contribution >= 4 is 0 Å². The predicted molar refractivity (Wildman–Crippen MR) is 65.2 cm³/mol. The molecule has 1 rings (SSSR count). The summed E-state index contributed by atoms with van der Waals surface area (Å²) >= 11 is 0. The summed E-state index contributed by atoms with van der Waals surface area (Å²) in [6, 6.07) is 6.36. The molecule has 0 aliphatic carbocycles. The highest BCUT2D eigenvalue weighted by atomic mass is 16.5. The quantitative estimate of drug-likeness (QED) is 0.707. The summed E-state index contributed by atoms with van der Waals surface area (Å²) in [5, 5.41) is 0. The fraction of sp³-hybridized carbons (Fsp3) is 0.357. The van der Waals surface area contributed by atoms with Gasteiger partial charge in [-0.1, -0.05) is 38.5 Å². The minimum atomic E-state index is 0.982. The number of hydrogen-bond acceptors (Lipinski definition) is 1. The van der Waals surface area contributed by atoms with Gasteiger partial charge in [0.15, 0.2) is 0 Å². The summed E-state index contributed by atoms with van der Waals surface area (Å²) in [5.41, 5.74) is 2.46. The number of hydrogen-bond donors (Lipinski definition) is 0. The van der Waals surface area contributed by atoms with Gasteiger partial charge < -0.3 is 4.74 Å². The van der Waals surface area contributed by atoms with E-state index in [4.69, 9.17) is 4.74 Å².